The summed E-state index contributed by atoms with van der Waals surface area (Å²) in [6, 6.07) is 0. The third-order valence-electron chi connectivity index (χ3n) is 1.45. The third-order valence-corrected chi connectivity index (χ3v) is 1.45. The molecular weight excluding hydrogens is 128 g/mol. The molecule has 1 heterocycles. The summed E-state index contributed by atoms with van der Waals surface area (Å²) in [6.45, 7) is 7.31. The monoisotopic (exact) mass is 138 g/mol. The molecule has 0 fully saturated rings. The zero-order valence-corrected chi connectivity index (χ0v) is 6.14. The Kier molecular flexibility index (Phi) is 1.49. The largest absolute Gasteiger partial charge is 0.396 e. The van der Waals surface area contributed by atoms with Crippen LogP contribution in [0.4, 0.5) is 0 Å². The molecule has 2 N–H and O–H groups in total. The van der Waals surface area contributed by atoms with Gasteiger partial charge in [-0.3, -0.25) is 0 Å². The molecule has 0 radical (unpaired) electrons. The van der Waals surface area contributed by atoms with Crippen molar-refractivity contribution in [1.82, 2.24) is 5.16 Å². The molecule has 0 saturated carbocycles. The first-order valence-electron chi connectivity index (χ1n) is 3.00. The minimum atomic E-state index is 0.429. The van der Waals surface area contributed by atoms with Gasteiger partial charge in [0.2, 0.25) is 0 Å². The minimum Gasteiger partial charge on any atom is -0.396 e. The van der Waals surface area contributed by atoms with E-state index in [-0.39, 0.29) is 0 Å². The summed E-state index contributed by atoms with van der Waals surface area (Å²) in [5.41, 5.74) is 7.66. The Morgan fingerprint density at radius 2 is 2.20 bits per heavy atom. The van der Waals surface area contributed by atoms with E-state index in [0.717, 1.165) is 11.3 Å². The normalized spacial score (nSPS) is 9.80. The highest BCUT2D eigenvalue weighted by atomic mass is 16.5. The molecule has 0 atom stereocenters. The fourth-order valence-corrected chi connectivity index (χ4v) is 0.715. The highest BCUT2D eigenvalue weighted by Gasteiger charge is 2.07. The lowest BCUT2D eigenvalue weighted by molar-refractivity contribution is 0.405. The third kappa shape index (κ3) is 0.900. The van der Waals surface area contributed by atoms with E-state index in [2.05, 4.69) is 11.7 Å². The smallest absolute Gasteiger partial charge is 0.185 e. The zero-order chi connectivity index (χ0) is 7.72. The van der Waals surface area contributed by atoms with Crippen molar-refractivity contribution in [1.29, 1.82) is 0 Å². The van der Waals surface area contributed by atoms with Crippen LogP contribution in [0.3, 0.4) is 0 Å². The van der Waals surface area contributed by atoms with Crippen LogP contribution in [-0.2, 0) is 0 Å². The molecule has 1 aromatic heterocycles. The maximum absolute atomic E-state index is 5.40. The second kappa shape index (κ2) is 2.17. The molecule has 0 saturated heterocycles. The Morgan fingerprint density at radius 1 is 1.60 bits per heavy atom. The highest BCUT2D eigenvalue weighted by Crippen LogP contribution is 2.15. The zero-order valence-electron chi connectivity index (χ0n) is 6.14. The van der Waals surface area contributed by atoms with Crippen LogP contribution in [0.5, 0.6) is 0 Å². The van der Waals surface area contributed by atoms with Crippen molar-refractivity contribution in [3.8, 4) is 0 Å². The molecule has 3 nitrogen and oxygen atoms in total. The molecule has 0 spiro atoms. The molecule has 54 valence electrons. The van der Waals surface area contributed by atoms with Crippen LogP contribution in [-0.4, -0.2) is 5.16 Å². The van der Waals surface area contributed by atoms with Crippen LogP contribution in [0, 0.1) is 13.8 Å². The summed E-state index contributed by atoms with van der Waals surface area (Å²) in [6.07, 6.45) is 0. The van der Waals surface area contributed by atoms with Crippen LogP contribution in [0.1, 0.15) is 17.0 Å². The molecule has 1 aromatic rings. The van der Waals surface area contributed by atoms with Gasteiger partial charge in [0.25, 0.3) is 0 Å². The van der Waals surface area contributed by atoms with E-state index in [1.165, 1.54) is 0 Å². The topological polar surface area (TPSA) is 52.0 Å². The quantitative estimate of drug-likeness (QED) is 0.634. The summed E-state index contributed by atoms with van der Waals surface area (Å²) >= 11 is 0. The van der Waals surface area contributed by atoms with Crippen molar-refractivity contribution >= 4 is 5.70 Å². The van der Waals surface area contributed by atoms with Gasteiger partial charge in [-0.15, -0.1) is 0 Å². The summed E-state index contributed by atoms with van der Waals surface area (Å²) in [7, 11) is 0. The molecule has 0 amide bonds. The van der Waals surface area contributed by atoms with Gasteiger partial charge in [-0.25, -0.2) is 0 Å². The van der Waals surface area contributed by atoms with Crippen LogP contribution >= 0.6 is 0 Å². The summed E-state index contributed by atoms with van der Waals surface area (Å²) in [5.74, 6) is 0.595. The van der Waals surface area contributed by atoms with Crippen molar-refractivity contribution < 1.29 is 4.52 Å². The minimum absolute atomic E-state index is 0.429. The molecule has 0 aliphatic heterocycles. The van der Waals surface area contributed by atoms with Gasteiger partial charge in [-0.2, -0.15) is 0 Å². The maximum atomic E-state index is 5.40. The van der Waals surface area contributed by atoms with E-state index in [9.17, 15) is 0 Å². The van der Waals surface area contributed by atoms with Crippen LogP contribution in [0.25, 0.3) is 5.70 Å². The summed E-state index contributed by atoms with van der Waals surface area (Å²) < 4.78 is 4.88. The number of hydrogen-bond donors (Lipinski definition) is 1. The van der Waals surface area contributed by atoms with E-state index in [1.54, 1.807) is 0 Å². The molecule has 0 aromatic carbocycles. The highest BCUT2D eigenvalue weighted by molar-refractivity contribution is 5.58. The first-order valence-corrected chi connectivity index (χ1v) is 3.00. The molecule has 0 bridgehead atoms. The first kappa shape index (κ1) is 6.86. The van der Waals surface area contributed by atoms with E-state index >= 15 is 0 Å². The molecule has 0 unspecified atom stereocenters. The fourth-order valence-electron chi connectivity index (χ4n) is 0.715. The van der Waals surface area contributed by atoms with Gasteiger partial charge in [-0.05, 0) is 13.8 Å². The van der Waals surface area contributed by atoms with Crippen LogP contribution in [0.2, 0.25) is 0 Å². The van der Waals surface area contributed by atoms with Gasteiger partial charge in [0, 0.05) is 5.56 Å². The van der Waals surface area contributed by atoms with Crippen molar-refractivity contribution in [3.05, 3.63) is 23.6 Å². The molecule has 0 aliphatic rings. The summed E-state index contributed by atoms with van der Waals surface area (Å²) in [4.78, 5) is 0. The van der Waals surface area contributed by atoms with Crippen molar-refractivity contribution in [2.75, 3.05) is 0 Å². The second-order valence-corrected chi connectivity index (χ2v) is 2.25. The second-order valence-electron chi connectivity index (χ2n) is 2.25. The predicted octanol–water partition coefficient (Wildman–Crippen LogP) is 1.22. The Bertz CT molecular complexity index is 263. The Morgan fingerprint density at radius 3 is 2.40 bits per heavy atom. The van der Waals surface area contributed by atoms with E-state index < -0.39 is 0 Å². The number of rotatable bonds is 1. The molecule has 10 heavy (non-hydrogen) atoms. The Hall–Kier alpha value is -1.25. The van der Waals surface area contributed by atoms with Crippen LogP contribution in [0.15, 0.2) is 11.1 Å². The summed E-state index contributed by atoms with van der Waals surface area (Å²) in [5, 5.41) is 3.72. The van der Waals surface area contributed by atoms with Crippen molar-refractivity contribution in [2.24, 2.45) is 5.73 Å². The van der Waals surface area contributed by atoms with E-state index in [1.807, 2.05) is 13.8 Å². The lowest BCUT2D eigenvalue weighted by Crippen LogP contribution is -1.93. The SMILES string of the molecule is C=C(N)c1onc(C)c1C. The molecule has 1 rings (SSSR count). The standard InChI is InChI=1S/C7H10N2O/c1-4-6(3)9-10-7(4)5(2)8/h2,8H2,1,3H3. The average molecular weight is 138 g/mol. The number of hydrogen-bond acceptors (Lipinski definition) is 3. The number of aromatic nitrogens is 1. The van der Waals surface area contributed by atoms with E-state index in [0.29, 0.717) is 11.5 Å². The lowest BCUT2D eigenvalue weighted by Gasteiger charge is -1.91. The predicted molar refractivity (Wildman–Crippen MR) is 39.2 cm³/mol. The Balaban J connectivity index is 3.17. The number of aryl methyl sites for hydroxylation is 1. The Labute approximate surface area is 59.5 Å². The number of nitrogens with two attached hydrogens (primary N) is 1. The van der Waals surface area contributed by atoms with Crippen molar-refractivity contribution in [2.45, 2.75) is 13.8 Å². The van der Waals surface area contributed by atoms with Crippen molar-refractivity contribution in [3.63, 3.8) is 0 Å². The number of nitrogens with zero attached hydrogens (tertiary/aromatic N) is 1. The van der Waals surface area contributed by atoms with Crippen LogP contribution < -0.4 is 5.73 Å². The van der Waals surface area contributed by atoms with Gasteiger partial charge in [0.1, 0.15) is 0 Å². The molecule has 3 heteroatoms. The fraction of sp³-hybridized carbons (Fsp3) is 0.286. The van der Waals surface area contributed by atoms with Gasteiger partial charge < -0.3 is 10.3 Å². The molecular formula is C7H10N2O. The lowest BCUT2D eigenvalue weighted by atomic mass is 10.2. The molecule has 0 aliphatic carbocycles. The van der Waals surface area contributed by atoms with Gasteiger partial charge in [-0.1, -0.05) is 11.7 Å². The van der Waals surface area contributed by atoms with Gasteiger partial charge in [0.15, 0.2) is 5.76 Å². The first-order chi connectivity index (χ1) is 4.63. The van der Waals surface area contributed by atoms with E-state index in [4.69, 9.17) is 10.3 Å². The van der Waals surface area contributed by atoms with Gasteiger partial charge >= 0.3 is 0 Å². The van der Waals surface area contributed by atoms with Gasteiger partial charge in [0.05, 0.1) is 11.4 Å². The maximum Gasteiger partial charge on any atom is 0.185 e. The average Bonchev–Trinajstić information content (AvgIpc) is 2.14.